The van der Waals surface area contributed by atoms with Gasteiger partial charge in [-0.25, -0.2) is 9.37 Å². The minimum Gasteiger partial charge on any atom is -0.494 e. The molecule has 0 unspecified atom stereocenters. The summed E-state index contributed by atoms with van der Waals surface area (Å²) in [5.41, 5.74) is 2.95. The van der Waals surface area contributed by atoms with Crippen molar-refractivity contribution < 1.29 is 18.3 Å². The van der Waals surface area contributed by atoms with Gasteiger partial charge in [0.15, 0.2) is 11.6 Å². The van der Waals surface area contributed by atoms with Crippen molar-refractivity contribution in [1.29, 1.82) is 0 Å². The summed E-state index contributed by atoms with van der Waals surface area (Å²) >= 11 is 0. The zero-order valence-corrected chi connectivity index (χ0v) is 15.5. The number of hydrogen-bond donors (Lipinski definition) is 0. The number of aromatic nitrogens is 2. The van der Waals surface area contributed by atoms with Crippen LogP contribution in [0.2, 0.25) is 0 Å². The molecule has 0 amide bonds. The van der Waals surface area contributed by atoms with E-state index in [1.807, 2.05) is 36.1 Å². The van der Waals surface area contributed by atoms with Gasteiger partial charge in [-0.1, -0.05) is 12.1 Å². The maximum absolute atomic E-state index is 13.3. The molecule has 2 aromatic carbocycles. The molecule has 0 aliphatic carbocycles. The number of hydrogen-bond acceptors (Lipinski definition) is 4. The fraction of sp³-hybridized carbons (Fsp3) is 0.350. The fourth-order valence-electron chi connectivity index (χ4n) is 2.96. The van der Waals surface area contributed by atoms with Gasteiger partial charge in [-0.2, -0.15) is 4.39 Å². The van der Waals surface area contributed by atoms with Gasteiger partial charge in [0.2, 0.25) is 5.82 Å². The number of aryl methyl sites for hydroxylation is 1. The zero-order valence-electron chi connectivity index (χ0n) is 15.5. The van der Waals surface area contributed by atoms with Gasteiger partial charge in [0.05, 0.1) is 37.7 Å². The van der Waals surface area contributed by atoms with E-state index in [1.54, 1.807) is 0 Å². The lowest BCUT2D eigenvalue weighted by molar-refractivity contribution is 0.0341. The van der Waals surface area contributed by atoms with Crippen molar-refractivity contribution >= 4 is 11.0 Å². The van der Waals surface area contributed by atoms with E-state index in [0.717, 1.165) is 18.6 Å². The number of para-hydroxylation sites is 2. The first-order chi connectivity index (χ1) is 13.1. The Morgan fingerprint density at radius 1 is 1.15 bits per heavy atom. The van der Waals surface area contributed by atoms with Gasteiger partial charge in [-0.05, 0) is 29.8 Å². The molecule has 27 heavy (non-hydrogen) atoms. The van der Waals surface area contributed by atoms with E-state index in [1.165, 1.54) is 24.8 Å². The van der Waals surface area contributed by atoms with Crippen molar-refractivity contribution in [2.45, 2.75) is 6.54 Å². The molecular weight excluding hydrogens is 352 g/mol. The highest BCUT2D eigenvalue weighted by molar-refractivity contribution is 5.74. The van der Waals surface area contributed by atoms with Gasteiger partial charge in [-0.15, -0.1) is 0 Å². The predicted molar refractivity (Wildman–Crippen MR) is 99.7 cm³/mol. The molecule has 1 aliphatic heterocycles. The second-order valence-electron chi connectivity index (χ2n) is 6.33. The summed E-state index contributed by atoms with van der Waals surface area (Å²) in [6.45, 7) is 3.56. The van der Waals surface area contributed by atoms with Crippen LogP contribution in [0.15, 0.2) is 42.7 Å². The van der Waals surface area contributed by atoms with E-state index < -0.39 is 11.6 Å². The molecule has 3 aromatic rings. The summed E-state index contributed by atoms with van der Waals surface area (Å²) < 4.78 is 38.5. The number of halogens is 2. The van der Waals surface area contributed by atoms with Crippen molar-refractivity contribution in [1.82, 2.24) is 14.5 Å². The molecule has 5 nitrogen and oxygen atoms in total. The summed E-state index contributed by atoms with van der Waals surface area (Å²) in [4.78, 5) is 6.32. The second kappa shape index (κ2) is 8.92. The van der Waals surface area contributed by atoms with E-state index in [9.17, 15) is 8.78 Å². The topological polar surface area (TPSA) is 39.5 Å². The zero-order chi connectivity index (χ0) is 19.2. The third-order valence-corrected chi connectivity index (χ3v) is 4.42. The Morgan fingerprint density at radius 3 is 2.59 bits per heavy atom. The highest BCUT2D eigenvalue weighted by Crippen LogP contribution is 2.22. The van der Waals surface area contributed by atoms with Gasteiger partial charge >= 0.3 is 0 Å². The number of benzene rings is 2. The molecule has 0 N–H and O–H groups in total. The summed E-state index contributed by atoms with van der Waals surface area (Å²) in [6, 6.07) is 10.8. The van der Waals surface area contributed by atoms with E-state index in [-0.39, 0.29) is 5.75 Å². The highest BCUT2D eigenvalue weighted by Gasteiger charge is 2.15. The molecule has 0 atom stereocenters. The molecule has 144 valence electrons. The van der Waals surface area contributed by atoms with Gasteiger partial charge < -0.3 is 14.0 Å². The molecular formula is C20H23F2N3O2. The van der Waals surface area contributed by atoms with Crippen molar-refractivity contribution in [3.05, 3.63) is 59.9 Å². The van der Waals surface area contributed by atoms with Crippen molar-refractivity contribution in [3.8, 4) is 5.75 Å². The normalized spacial score (nSPS) is 14.7. The SMILES string of the molecule is COc1cc(CN2CCOCC2)cc(F)c1F.Cn1cnc2ccccc21. The lowest BCUT2D eigenvalue weighted by atomic mass is 10.2. The van der Waals surface area contributed by atoms with E-state index >= 15 is 0 Å². The van der Waals surface area contributed by atoms with Gasteiger partial charge in [-0.3, -0.25) is 4.90 Å². The number of rotatable bonds is 3. The fourth-order valence-corrected chi connectivity index (χ4v) is 2.96. The minimum absolute atomic E-state index is 0.0479. The summed E-state index contributed by atoms with van der Waals surface area (Å²) in [7, 11) is 3.33. The number of nitrogens with zero attached hydrogens (tertiary/aromatic N) is 3. The lowest BCUT2D eigenvalue weighted by Crippen LogP contribution is -2.35. The smallest absolute Gasteiger partial charge is 0.200 e. The molecule has 0 saturated carbocycles. The first-order valence-corrected chi connectivity index (χ1v) is 8.76. The molecule has 1 fully saturated rings. The third kappa shape index (κ3) is 4.81. The van der Waals surface area contributed by atoms with Crippen molar-refractivity contribution in [2.75, 3.05) is 33.4 Å². The first kappa shape index (κ1) is 19.3. The molecule has 4 rings (SSSR count). The summed E-state index contributed by atoms with van der Waals surface area (Å²) in [6.07, 6.45) is 1.82. The van der Waals surface area contributed by atoms with Gasteiger partial charge in [0.25, 0.3) is 0 Å². The van der Waals surface area contributed by atoms with Crippen LogP contribution in [-0.2, 0) is 18.3 Å². The van der Waals surface area contributed by atoms with Crippen molar-refractivity contribution in [2.24, 2.45) is 7.05 Å². The van der Waals surface area contributed by atoms with Crippen LogP contribution in [0.1, 0.15) is 5.56 Å². The minimum atomic E-state index is -0.932. The molecule has 0 spiro atoms. The molecule has 1 aliphatic rings. The van der Waals surface area contributed by atoms with Crippen LogP contribution in [0.5, 0.6) is 5.75 Å². The number of morpholine rings is 1. The predicted octanol–water partition coefficient (Wildman–Crippen LogP) is 3.38. The average Bonchev–Trinajstić information content (AvgIpc) is 3.07. The van der Waals surface area contributed by atoms with E-state index in [0.29, 0.717) is 25.3 Å². The largest absolute Gasteiger partial charge is 0.494 e. The Morgan fingerprint density at radius 2 is 1.89 bits per heavy atom. The Bertz CT molecular complexity index is 892. The Labute approximate surface area is 157 Å². The Balaban J connectivity index is 0.000000177. The van der Waals surface area contributed by atoms with Gasteiger partial charge in [0, 0.05) is 26.7 Å². The van der Waals surface area contributed by atoms with Crippen LogP contribution in [0.4, 0.5) is 8.78 Å². The second-order valence-corrected chi connectivity index (χ2v) is 6.33. The highest BCUT2D eigenvalue weighted by atomic mass is 19.2. The number of ether oxygens (including phenoxy) is 2. The average molecular weight is 375 g/mol. The number of imidazole rings is 1. The molecule has 2 heterocycles. The number of methoxy groups -OCH3 is 1. The standard InChI is InChI=1S/C12H15F2NO2.C8H8N2/c1-16-11-7-9(6-10(13)12(11)14)8-15-2-4-17-5-3-15;1-10-6-9-7-4-2-3-5-8(7)10/h6-7H,2-5,8H2,1H3;2-6H,1H3. The van der Waals surface area contributed by atoms with Crippen molar-refractivity contribution in [3.63, 3.8) is 0 Å². The monoisotopic (exact) mass is 375 g/mol. The van der Waals surface area contributed by atoms with Gasteiger partial charge in [0.1, 0.15) is 0 Å². The molecule has 0 radical (unpaired) electrons. The lowest BCUT2D eigenvalue weighted by Gasteiger charge is -2.26. The van der Waals surface area contributed by atoms with Crippen LogP contribution in [0.25, 0.3) is 11.0 Å². The molecule has 1 saturated heterocycles. The molecule has 1 aromatic heterocycles. The summed E-state index contributed by atoms with van der Waals surface area (Å²) in [5.74, 6) is -1.85. The third-order valence-electron chi connectivity index (χ3n) is 4.42. The molecule has 7 heteroatoms. The molecule has 0 bridgehead atoms. The number of fused-ring (bicyclic) bond motifs is 1. The van der Waals surface area contributed by atoms with Crippen LogP contribution >= 0.6 is 0 Å². The first-order valence-electron chi connectivity index (χ1n) is 8.76. The van der Waals surface area contributed by atoms with E-state index in [2.05, 4.69) is 16.0 Å². The Hall–Kier alpha value is -2.51. The van der Waals surface area contributed by atoms with E-state index in [4.69, 9.17) is 9.47 Å². The Kier molecular flexibility index (Phi) is 6.36. The maximum atomic E-state index is 13.3. The quantitative estimate of drug-likeness (QED) is 0.704. The van der Waals surface area contributed by atoms with Crippen LogP contribution in [0, 0.1) is 11.6 Å². The summed E-state index contributed by atoms with van der Waals surface area (Å²) in [5, 5.41) is 0. The maximum Gasteiger partial charge on any atom is 0.200 e. The van der Waals surface area contributed by atoms with Crippen LogP contribution < -0.4 is 4.74 Å². The van der Waals surface area contributed by atoms with Crippen LogP contribution in [-0.4, -0.2) is 47.9 Å². The van der Waals surface area contributed by atoms with Crippen LogP contribution in [0.3, 0.4) is 0 Å².